The lowest BCUT2D eigenvalue weighted by Gasteiger charge is -2.12. The van der Waals surface area contributed by atoms with Crippen LogP contribution in [0.2, 0.25) is 0 Å². The summed E-state index contributed by atoms with van der Waals surface area (Å²) in [5.41, 5.74) is 3.48. The first-order chi connectivity index (χ1) is 16.3. The lowest BCUT2D eigenvalue weighted by Crippen LogP contribution is -2.14. The number of aromatic nitrogens is 3. The van der Waals surface area contributed by atoms with Crippen LogP contribution in [0.1, 0.15) is 17.0 Å². The summed E-state index contributed by atoms with van der Waals surface area (Å²) < 4.78 is 29.4. The first-order valence-corrected chi connectivity index (χ1v) is 12.0. The fraction of sp³-hybridized carbons (Fsp3) is 0.125. The number of pyridine rings is 1. The van der Waals surface area contributed by atoms with Crippen molar-refractivity contribution >= 4 is 33.2 Å². The Balaban J connectivity index is 1.45. The first kappa shape index (κ1) is 23.1. The van der Waals surface area contributed by atoms with E-state index in [4.69, 9.17) is 9.88 Å². The van der Waals surface area contributed by atoms with Crippen LogP contribution in [0.15, 0.2) is 77.8 Å². The van der Waals surface area contributed by atoms with Gasteiger partial charge in [0.1, 0.15) is 18.2 Å². The van der Waals surface area contributed by atoms with Crippen LogP contribution in [0.25, 0.3) is 0 Å². The third-order valence-electron chi connectivity index (χ3n) is 4.84. The van der Waals surface area contributed by atoms with Gasteiger partial charge in [-0.1, -0.05) is 12.1 Å². The van der Waals surface area contributed by atoms with E-state index in [2.05, 4.69) is 25.6 Å². The normalized spacial score (nSPS) is 11.1. The third-order valence-corrected chi connectivity index (χ3v) is 5.90. The number of nitrogens with two attached hydrogens (primary N) is 1. The molecule has 4 rings (SSSR count). The fourth-order valence-electron chi connectivity index (χ4n) is 3.23. The predicted molar refractivity (Wildman–Crippen MR) is 131 cm³/mol. The van der Waals surface area contributed by atoms with E-state index in [0.717, 1.165) is 22.8 Å². The minimum absolute atomic E-state index is 0.0499. The number of sulfonamides is 1. The summed E-state index contributed by atoms with van der Waals surface area (Å²) in [6.45, 7) is 3.92. The Morgan fingerprint density at radius 1 is 0.912 bits per heavy atom. The van der Waals surface area contributed by atoms with Gasteiger partial charge in [-0.3, -0.25) is 4.98 Å². The van der Waals surface area contributed by atoms with E-state index in [0.29, 0.717) is 29.6 Å². The van der Waals surface area contributed by atoms with E-state index in [1.54, 1.807) is 25.3 Å². The Morgan fingerprint density at radius 2 is 1.68 bits per heavy atom. The third kappa shape index (κ3) is 6.06. The predicted octanol–water partition coefficient (Wildman–Crippen LogP) is 4.20. The number of ether oxygens (including phenoxy) is 1. The number of anilines is 4. The summed E-state index contributed by atoms with van der Waals surface area (Å²) in [6, 6.07) is 19.9. The van der Waals surface area contributed by atoms with Crippen molar-refractivity contribution in [2.24, 2.45) is 5.14 Å². The Morgan fingerprint density at radius 3 is 2.38 bits per heavy atom. The summed E-state index contributed by atoms with van der Waals surface area (Å²) in [5, 5.41) is 11.6. The topological polar surface area (TPSA) is 132 Å². The maximum Gasteiger partial charge on any atom is 0.238 e. The zero-order valence-electron chi connectivity index (χ0n) is 18.7. The molecule has 4 N–H and O–H groups in total. The number of rotatable bonds is 8. The average molecular weight is 477 g/mol. The fourth-order valence-corrected chi connectivity index (χ4v) is 4.03. The smallest absolute Gasteiger partial charge is 0.238 e. The quantitative estimate of drug-likeness (QED) is 0.345. The monoisotopic (exact) mass is 476 g/mol. The number of hydrogen-bond acceptors (Lipinski definition) is 8. The molecule has 4 aromatic rings. The van der Waals surface area contributed by atoms with Crippen molar-refractivity contribution in [2.45, 2.75) is 25.3 Å². The van der Waals surface area contributed by atoms with Crippen LogP contribution in [0.4, 0.5) is 23.1 Å². The highest BCUT2D eigenvalue weighted by Crippen LogP contribution is 2.24. The lowest BCUT2D eigenvalue weighted by molar-refractivity contribution is 0.301. The maximum absolute atomic E-state index is 11.8. The van der Waals surface area contributed by atoms with Crippen molar-refractivity contribution < 1.29 is 13.2 Å². The van der Waals surface area contributed by atoms with Crippen LogP contribution in [-0.4, -0.2) is 23.4 Å². The molecule has 2 aromatic heterocycles. The van der Waals surface area contributed by atoms with Crippen LogP contribution in [0.3, 0.4) is 0 Å². The van der Waals surface area contributed by atoms with E-state index < -0.39 is 10.0 Å². The molecule has 0 bridgehead atoms. The second-order valence-electron chi connectivity index (χ2n) is 7.63. The van der Waals surface area contributed by atoms with E-state index in [9.17, 15) is 8.42 Å². The van der Waals surface area contributed by atoms with E-state index >= 15 is 0 Å². The van der Waals surface area contributed by atoms with Crippen LogP contribution in [0, 0.1) is 13.8 Å². The summed E-state index contributed by atoms with van der Waals surface area (Å²) in [6.07, 6.45) is 1.73. The van der Waals surface area contributed by atoms with Gasteiger partial charge >= 0.3 is 0 Å². The largest absolute Gasteiger partial charge is 0.487 e. The van der Waals surface area contributed by atoms with E-state index in [1.807, 2.05) is 55.5 Å². The van der Waals surface area contributed by atoms with Crippen LogP contribution < -0.4 is 20.5 Å². The molecule has 0 amide bonds. The van der Waals surface area contributed by atoms with Gasteiger partial charge in [0.05, 0.1) is 10.6 Å². The van der Waals surface area contributed by atoms with Gasteiger partial charge in [0.25, 0.3) is 0 Å². The van der Waals surface area contributed by atoms with E-state index in [1.165, 1.54) is 6.07 Å². The number of primary sulfonamides is 1. The van der Waals surface area contributed by atoms with Gasteiger partial charge in [-0.25, -0.2) is 18.5 Å². The zero-order valence-corrected chi connectivity index (χ0v) is 19.5. The number of benzene rings is 2. The van der Waals surface area contributed by atoms with Crippen molar-refractivity contribution in [3.05, 3.63) is 89.9 Å². The van der Waals surface area contributed by atoms with Crippen LogP contribution >= 0.6 is 0 Å². The zero-order chi connectivity index (χ0) is 24.1. The molecule has 10 heteroatoms. The highest BCUT2D eigenvalue weighted by atomic mass is 32.2. The molecule has 2 aromatic carbocycles. The van der Waals surface area contributed by atoms with Crippen LogP contribution in [-0.2, 0) is 16.6 Å². The maximum atomic E-state index is 11.8. The molecule has 0 radical (unpaired) electrons. The summed E-state index contributed by atoms with van der Waals surface area (Å²) in [5.74, 6) is 1.63. The Kier molecular flexibility index (Phi) is 6.71. The highest BCUT2D eigenvalue weighted by molar-refractivity contribution is 7.89. The number of nitrogens with zero attached hydrogens (tertiary/aromatic N) is 3. The van der Waals surface area contributed by atoms with Gasteiger partial charge in [-0.2, -0.15) is 4.98 Å². The SMILES string of the molecule is Cc1cc(Nc2ccc(OCc3ccccn3)cc2)nc(Nc2ccc(C)c(S(N)(=O)=O)c2)n1. The van der Waals surface area contributed by atoms with Gasteiger partial charge in [-0.15, -0.1) is 0 Å². The van der Waals surface area contributed by atoms with Gasteiger partial charge in [0.2, 0.25) is 16.0 Å². The molecule has 174 valence electrons. The summed E-state index contributed by atoms with van der Waals surface area (Å²) in [7, 11) is -3.84. The minimum atomic E-state index is -3.84. The molecule has 2 heterocycles. The molecule has 0 spiro atoms. The van der Waals surface area contributed by atoms with E-state index in [-0.39, 0.29) is 4.90 Å². The molecule has 0 saturated carbocycles. The second-order valence-corrected chi connectivity index (χ2v) is 9.16. The van der Waals surface area contributed by atoms with Gasteiger partial charge < -0.3 is 15.4 Å². The second kappa shape index (κ2) is 9.86. The van der Waals surface area contributed by atoms with Crippen molar-refractivity contribution in [3.63, 3.8) is 0 Å². The molecule has 34 heavy (non-hydrogen) atoms. The highest BCUT2D eigenvalue weighted by Gasteiger charge is 2.13. The molecule has 0 aliphatic heterocycles. The van der Waals surface area contributed by atoms with Gasteiger partial charge in [-0.05, 0) is 67.9 Å². The van der Waals surface area contributed by atoms with Crippen LogP contribution in [0.5, 0.6) is 5.75 Å². The molecule has 0 atom stereocenters. The van der Waals surface area contributed by atoms with Crippen molar-refractivity contribution in [1.29, 1.82) is 0 Å². The molecule has 0 aliphatic rings. The van der Waals surface area contributed by atoms with Gasteiger partial charge in [0.15, 0.2) is 0 Å². The number of nitrogens with one attached hydrogen (secondary N) is 2. The lowest BCUT2D eigenvalue weighted by atomic mass is 10.2. The first-order valence-electron chi connectivity index (χ1n) is 10.4. The Hall–Kier alpha value is -4.02. The minimum Gasteiger partial charge on any atom is -0.487 e. The Bertz CT molecular complexity index is 1390. The molecular formula is C24H24N6O3S. The molecule has 9 nitrogen and oxygen atoms in total. The molecule has 0 unspecified atom stereocenters. The number of hydrogen-bond donors (Lipinski definition) is 3. The summed E-state index contributed by atoms with van der Waals surface area (Å²) in [4.78, 5) is 13.2. The molecule has 0 saturated heterocycles. The molecule has 0 fully saturated rings. The van der Waals surface area contributed by atoms with Crippen molar-refractivity contribution in [3.8, 4) is 5.75 Å². The van der Waals surface area contributed by atoms with Crippen molar-refractivity contribution in [1.82, 2.24) is 15.0 Å². The molecular weight excluding hydrogens is 452 g/mol. The Labute approximate surface area is 198 Å². The standard InChI is InChI=1S/C24H24N6O3S/c1-16-6-7-19(14-22(16)34(25,31)32)29-24-27-17(2)13-23(30-24)28-18-8-10-21(11-9-18)33-15-20-5-3-4-12-26-20/h3-14H,15H2,1-2H3,(H2,25,31,32)(H2,27,28,29,30). The van der Waals surface area contributed by atoms with Gasteiger partial charge in [0, 0.05) is 29.3 Å². The van der Waals surface area contributed by atoms with Crippen molar-refractivity contribution in [2.75, 3.05) is 10.6 Å². The average Bonchev–Trinajstić information content (AvgIpc) is 2.79. The number of aryl methyl sites for hydroxylation is 2. The summed E-state index contributed by atoms with van der Waals surface area (Å²) >= 11 is 0. The molecule has 0 aliphatic carbocycles.